The van der Waals surface area contributed by atoms with Crippen LogP contribution in [0, 0.1) is 0 Å². The molecule has 30 heavy (non-hydrogen) atoms. The zero-order valence-corrected chi connectivity index (χ0v) is 20.2. The standard InChI is InChI=1S/C22H32N6O.HI/c1-23-22(26-13-6-5-12-25-21-10-3-4-11-24-21)28-16-14-27(15-17-28)19-8-7-9-20(18-19)29-2;/h3-4,7-11,18H,5-6,12-17H2,1-2H3,(H,23,26)(H,24,25);1H. The van der Waals surface area contributed by atoms with E-state index >= 15 is 0 Å². The lowest BCUT2D eigenvalue weighted by Crippen LogP contribution is -2.52. The summed E-state index contributed by atoms with van der Waals surface area (Å²) in [6, 6.07) is 14.2. The number of benzene rings is 1. The highest BCUT2D eigenvalue weighted by atomic mass is 127. The second kappa shape index (κ2) is 13.1. The Balaban J connectivity index is 0.00000320. The zero-order chi connectivity index (χ0) is 20.3. The first kappa shape index (κ1) is 24.0. The van der Waals surface area contributed by atoms with Gasteiger partial charge in [-0.1, -0.05) is 12.1 Å². The minimum atomic E-state index is 0. The van der Waals surface area contributed by atoms with Gasteiger partial charge in [0.05, 0.1) is 7.11 Å². The Labute approximate surface area is 196 Å². The number of pyridine rings is 1. The number of ether oxygens (including phenoxy) is 1. The maximum absolute atomic E-state index is 5.35. The van der Waals surface area contributed by atoms with E-state index in [1.54, 1.807) is 7.11 Å². The van der Waals surface area contributed by atoms with Crippen LogP contribution < -0.4 is 20.3 Å². The number of hydrogen-bond acceptors (Lipinski definition) is 5. The van der Waals surface area contributed by atoms with Gasteiger partial charge in [-0.3, -0.25) is 4.99 Å². The van der Waals surface area contributed by atoms with Crippen LogP contribution in [0.2, 0.25) is 0 Å². The molecule has 0 atom stereocenters. The lowest BCUT2D eigenvalue weighted by atomic mass is 10.2. The Morgan fingerprint density at radius 2 is 1.87 bits per heavy atom. The molecule has 1 aromatic heterocycles. The van der Waals surface area contributed by atoms with Gasteiger partial charge in [0.15, 0.2) is 5.96 Å². The van der Waals surface area contributed by atoms with Crippen LogP contribution in [0.4, 0.5) is 11.5 Å². The Morgan fingerprint density at radius 3 is 2.57 bits per heavy atom. The molecule has 3 rings (SSSR count). The topological polar surface area (TPSA) is 65.0 Å². The van der Waals surface area contributed by atoms with Crippen LogP contribution in [0.3, 0.4) is 0 Å². The van der Waals surface area contributed by atoms with Crippen molar-refractivity contribution >= 4 is 41.4 Å². The molecular formula is C22H33IN6O. The Kier molecular flexibility index (Phi) is 10.5. The first-order valence-electron chi connectivity index (χ1n) is 10.3. The fraction of sp³-hybridized carbons (Fsp3) is 0.455. The van der Waals surface area contributed by atoms with Crippen molar-refractivity contribution < 1.29 is 4.74 Å². The third kappa shape index (κ3) is 7.23. The summed E-state index contributed by atoms with van der Waals surface area (Å²) in [7, 11) is 3.57. The average molecular weight is 524 g/mol. The Hall–Kier alpha value is -2.23. The third-order valence-corrected chi connectivity index (χ3v) is 5.07. The highest BCUT2D eigenvalue weighted by Crippen LogP contribution is 2.22. The van der Waals surface area contributed by atoms with Gasteiger partial charge in [0.1, 0.15) is 11.6 Å². The molecule has 0 aliphatic carbocycles. The van der Waals surface area contributed by atoms with Gasteiger partial charge in [0.2, 0.25) is 0 Å². The summed E-state index contributed by atoms with van der Waals surface area (Å²) in [5.74, 6) is 2.83. The summed E-state index contributed by atoms with van der Waals surface area (Å²) in [5, 5.41) is 6.85. The quantitative estimate of drug-likeness (QED) is 0.239. The molecule has 1 aliphatic heterocycles. The van der Waals surface area contributed by atoms with Crippen molar-refractivity contribution in [3.05, 3.63) is 48.7 Å². The maximum Gasteiger partial charge on any atom is 0.193 e. The number of nitrogens with zero attached hydrogens (tertiary/aromatic N) is 4. The van der Waals surface area contributed by atoms with Crippen LogP contribution in [0.5, 0.6) is 5.75 Å². The second-order valence-corrected chi connectivity index (χ2v) is 7.00. The Bertz CT molecular complexity index is 765. The molecular weight excluding hydrogens is 491 g/mol. The number of halogens is 1. The molecule has 164 valence electrons. The molecule has 1 aromatic carbocycles. The lowest BCUT2D eigenvalue weighted by molar-refractivity contribution is 0.371. The summed E-state index contributed by atoms with van der Waals surface area (Å²) < 4.78 is 5.35. The summed E-state index contributed by atoms with van der Waals surface area (Å²) in [6.07, 6.45) is 3.98. The minimum Gasteiger partial charge on any atom is -0.497 e. The molecule has 1 saturated heterocycles. The van der Waals surface area contributed by atoms with E-state index in [0.29, 0.717) is 0 Å². The zero-order valence-electron chi connectivity index (χ0n) is 17.9. The van der Waals surface area contributed by atoms with Crippen LogP contribution in [-0.4, -0.2) is 69.3 Å². The number of aromatic nitrogens is 1. The molecule has 1 fully saturated rings. The smallest absolute Gasteiger partial charge is 0.193 e. The number of rotatable bonds is 8. The van der Waals surface area contributed by atoms with Crippen molar-refractivity contribution in [2.75, 3.05) is 63.6 Å². The van der Waals surface area contributed by atoms with E-state index in [-0.39, 0.29) is 24.0 Å². The molecule has 2 aromatic rings. The number of nitrogens with one attached hydrogen (secondary N) is 2. The largest absolute Gasteiger partial charge is 0.497 e. The summed E-state index contributed by atoms with van der Waals surface area (Å²) in [6.45, 7) is 5.71. The van der Waals surface area contributed by atoms with Crippen LogP contribution >= 0.6 is 24.0 Å². The Morgan fingerprint density at radius 1 is 1.07 bits per heavy atom. The first-order chi connectivity index (χ1) is 14.3. The number of anilines is 2. The van der Waals surface area contributed by atoms with E-state index in [4.69, 9.17) is 4.74 Å². The van der Waals surface area contributed by atoms with Crippen LogP contribution in [0.25, 0.3) is 0 Å². The number of methoxy groups -OCH3 is 1. The van der Waals surface area contributed by atoms with Crippen LogP contribution in [0.15, 0.2) is 53.7 Å². The monoisotopic (exact) mass is 524 g/mol. The highest BCUT2D eigenvalue weighted by molar-refractivity contribution is 14.0. The molecule has 0 spiro atoms. The number of unbranched alkanes of at least 4 members (excludes halogenated alkanes) is 1. The lowest BCUT2D eigenvalue weighted by Gasteiger charge is -2.37. The van der Waals surface area contributed by atoms with E-state index in [9.17, 15) is 0 Å². The van der Waals surface area contributed by atoms with E-state index < -0.39 is 0 Å². The van der Waals surface area contributed by atoms with Gasteiger partial charge in [0.25, 0.3) is 0 Å². The SMILES string of the molecule is CN=C(NCCCCNc1ccccn1)N1CCN(c2cccc(OC)c2)CC1.I. The van der Waals surface area contributed by atoms with E-state index in [1.165, 1.54) is 5.69 Å². The van der Waals surface area contributed by atoms with E-state index in [1.807, 2.05) is 43.6 Å². The van der Waals surface area contributed by atoms with Gasteiger partial charge in [-0.2, -0.15) is 0 Å². The molecule has 2 N–H and O–H groups in total. The van der Waals surface area contributed by atoms with Crippen molar-refractivity contribution in [3.8, 4) is 5.75 Å². The molecule has 1 aliphatic rings. The van der Waals surface area contributed by atoms with Crippen LogP contribution in [-0.2, 0) is 0 Å². The molecule has 0 bridgehead atoms. The number of hydrogen-bond donors (Lipinski definition) is 2. The molecule has 8 heteroatoms. The summed E-state index contributed by atoms with van der Waals surface area (Å²) in [5.41, 5.74) is 1.22. The van der Waals surface area contributed by atoms with E-state index in [0.717, 1.165) is 69.6 Å². The summed E-state index contributed by atoms with van der Waals surface area (Å²) >= 11 is 0. The predicted octanol–water partition coefficient (Wildman–Crippen LogP) is 3.30. The molecule has 0 radical (unpaired) electrons. The van der Waals surface area contributed by atoms with Crippen molar-refractivity contribution in [2.45, 2.75) is 12.8 Å². The van der Waals surface area contributed by atoms with Crippen molar-refractivity contribution in [1.29, 1.82) is 0 Å². The van der Waals surface area contributed by atoms with Gasteiger partial charge in [0, 0.05) is 64.3 Å². The fourth-order valence-corrected chi connectivity index (χ4v) is 3.45. The number of aliphatic imine (C=N–C) groups is 1. The van der Waals surface area contributed by atoms with Crippen molar-refractivity contribution in [3.63, 3.8) is 0 Å². The fourth-order valence-electron chi connectivity index (χ4n) is 3.45. The average Bonchev–Trinajstić information content (AvgIpc) is 2.79. The van der Waals surface area contributed by atoms with Gasteiger partial charge in [-0.05, 0) is 37.1 Å². The first-order valence-corrected chi connectivity index (χ1v) is 10.3. The maximum atomic E-state index is 5.35. The number of guanidine groups is 1. The number of piperazine rings is 1. The van der Waals surface area contributed by atoms with Gasteiger partial charge < -0.3 is 25.2 Å². The molecule has 0 unspecified atom stereocenters. The molecule has 0 amide bonds. The van der Waals surface area contributed by atoms with Gasteiger partial charge >= 0.3 is 0 Å². The van der Waals surface area contributed by atoms with Crippen molar-refractivity contribution in [2.24, 2.45) is 4.99 Å². The van der Waals surface area contributed by atoms with E-state index in [2.05, 4.69) is 42.5 Å². The van der Waals surface area contributed by atoms with Crippen molar-refractivity contribution in [1.82, 2.24) is 15.2 Å². The second-order valence-electron chi connectivity index (χ2n) is 7.00. The third-order valence-electron chi connectivity index (χ3n) is 5.07. The van der Waals surface area contributed by atoms with Crippen LogP contribution in [0.1, 0.15) is 12.8 Å². The minimum absolute atomic E-state index is 0. The normalized spacial score (nSPS) is 14.1. The molecule has 7 nitrogen and oxygen atoms in total. The highest BCUT2D eigenvalue weighted by Gasteiger charge is 2.19. The summed E-state index contributed by atoms with van der Waals surface area (Å²) in [4.78, 5) is 13.5. The molecule has 0 saturated carbocycles. The van der Waals surface area contributed by atoms with Gasteiger partial charge in [-0.15, -0.1) is 24.0 Å². The predicted molar refractivity (Wildman–Crippen MR) is 136 cm³/mol. The van der Waals surface area contributed by atoms with Gasteiger partial charge in [-0.25, -0.2) is 4.98 Å². The molecule has 2 heterocycles.